The van der Waals surface area contributed by atoms with E-state index in [0.717, 1.165) is 12.8 Å². The first kappa shape index (κ1) is 29.2. The van der Waals surface area contributed by atoms with E-state index in [4.69, 9.17) is 0 Å². The quantitative estimate of drug-likeness (QED) is 0.150. The largest absolute Gasteiger partial charge is 0.504 e. The topological polar surface area (TPSA) is 193 Å². The van der Waals surface area contributed by atoms with Gasteiger partial charge in [0.2, 0.25) is 0 Å². The predicted molar refractivity (Wildman–Crippen MR) is 137 cm³/mol. The van der Waals surface area contributed by atoms with Crippen LogP contribution in [0.2, 0.25) is 0 Å². The van der Waals surface area contributed by atoms with Crippen LogP contribution in [-0.4, -0.2) is 70.2 Å². The molecule has 1 aromatic carbocycles. The van der Waals surface area contributed by atoms with E-state index in [1.54, 1.807) is 6.92 Å². The molecule has 1 aromatic heterocycles. The lowest BCUT2D eigenvalue weighted by Crippen LogP contribution is -2.47. The zero-order valence-electron chi connectivity index (χ0n) is 21.4. The van der Waals surface area contributed by atoms with Gasteiger partial charge in [0, 0.05) is 37.9 Å². The number of phenols is 2. The monoisotopic (exact) mass is 517 g/mol. The van der Waals surface area contributed by atoms with Gasteiger partial charge >= 0.3 is 0 Å². The minimum atomic E-state index is -0.726. The van der Waals surface area contributed by atoms with Crippen LogP contribution in [0.15, 0.2) is 23.0 Å². The molecule has 0 aliphatic rings. The molecule has 1 atom stereocenters. The maximum atomic E-state index is 12.5. The molecule has 0 fully saturated rings. The lowest BCUT2D eigenvalue weighted by Gasteiger charge is -2.31. The molecule has 0 bridgehead atoms. The number of aromatic amines is 1. The van der Waals surface area contributed by atoms with Crippen LogP contribution in [0.1, 0.15) is 69.9 Å². The Hall–Kier alpha value is -4.06. The Morgan fingerprint density at radius 3 is 2.03 bits per heavy atom. The van der Waals surface area contributed by atoms with Crippen LogP contribution in [-0.2, 0) is 0 Å². The van der Waals surface area contributed by atoms with Crippen molar-refractivity contribution < 1.29 is 29.7 Å². The van der Waals surface area contributed by atoms with Crippen LogP contribution in [0.5, 0.6) is 17.2 Å². The summed E-state index contributed by atoms with van der Waals surface area (Å²) >= 11 is 0. The molecule has 0 radical (unpaired) electrons. The number of amides is 3. The van der Waals surface area contributed by atoms with Crippen molar-refractivity contribution in [2.45, 2.75) is 45.6 Å². The minimum absolute atomic E-state index is 0.0910. The Morgan fingerprint density at radius 1 is 0.865 bits per heavy atom. The number of aryl methyl sites for hydroxylation is 1. The standard InChI is InChI=1S/C25H35N5O7/c1-5-8-25(3,9-10-27-23(36)17-13-14(2)30-24(37)20(17)33)29-12-11-28-22(35)16-7-6-15(21(34)26-4)18(31)19(16)32/h6-7,13,29,31-33H,5,8-12H2,1-4H3,(H,26,34)(H,27,36)(H,28,35)(H,30,37). The van der Waals surface area contributed by atoms with Gasteiger partial charge in [0.1, 0.15) is 0 Å². The van der Waals surface area contributed by atoms with Gasteiger partial charge in [-0.15, -0.1) is 0 Å². The molecule has 8 N–H and O–H groups in total. The number of carbonyl (C=O) groups excluding carboxylic acids is 3. The van der Waals surface area contributed by atoms with E-state index in [2.05, 4.69) is 26.3 Å². The summed E-state index contributed by atoms with van der Waals surface area (Å²) in [5.74, 6) is -3.75. The number of hydrogen-bond donors (Lipinski definition) is 8. The highest BCUT2D eigenvalue weighted by Gasteiger charge is 2.24. The molecule has 12 nitrogen and oxygen atoms in total. The van der Waals surface area contributed by atoms with Gasteiger partial charge in [0.15, 0.2) is 17.2 Å². The van der Waals surface area contributed by atoms with E-state index in [1.807, 2.05) is 13.8 Å². The average molecular weight is 518 g/mol. The predicted octanol–water partition coefficient (Wildman–Crippen LogP) is 0.858. The summed E-state index contributed by atoms with van der Waals surface area (Å²) < 4.78 is 0. The third-order valence-electron chi connectivity index (χ3n) is 5.98. The lowest BCUT2D eigenvalue weighted by atomic mass is 9.92. The van der Waals surface area contributed by atoms with Gasteiger partial charge in [0.25, 0.3) is 23.3 Å². The molecule has 2 rings (SSSR count). The number of aromatic hydroxyl groups is 3. The Morgan fingerprint density at radius 2 is 1.43 bits per heavy atom. The van der Waals surface area contributed by atoms with E-state index in [9.17, 15) is 34.5 Å². The second kappa shape index (κ2) is 12.8. The molecule has 0 aliphatic heterocycles. The summed E-state index contributed by atoms with van der Waals surface area (Å²) in [5.41, 5.74) is -1.05. The third kappa shape index (κ3) is 7.46. The maximum Gasteiger partial charge on any atom is 0.291 e. The maximum absolute atomic E-state index is 12.5. The van der Waals surface area contributed by atoms with Gasteiger partial charge in [-0.3, -0.25) is 19.2 Å². The zero-order chi connectivity index (χ0) is 27.8. The highest BCUT2D eigenvalue weighted by atomic mass is 16.3. The molecule has 0 aliphatic carbocycles. The Balaban J connectivity index is 1.91. The first-order chi connectivity index (χ1) is 17.4. The number of hydrogen-bond acceptors (Lipinski definition) is 8. The second-order valence-electron chi connectivity index (χ2n) is 8.98. The van der Waals surface area contributed by atoms with E-state index in [1.165, 1.54) is 25.2 Å². The Bertz CT molecular complexity index is 1210. The number of rotatable bonds is 12. The van der Waals surface area contributed by atoms with Crippen molar-refractivity contribution in [3.8, 4) is 17.2 Å². The first-order valence-electron chi connectivity index (χ1n) is 12.0. The average Bonchev–Trinajstić information content (AvgIpc) is 2.85. The van der Waals surface area contributed by atoms with Crippen LogP contribution in [0.25, 0.3) is 0 Å². The van der Waals surface area contributed by atoms with E-state index in [0.29, 0.717) is 18.7 Å². The number of benzene rings is 1. The highest BCUT2D eigenvalue weighted by molar-refractivity contribution is 6.02. The number of pyridine rings is 1. The van der Waals surface area contributed by atoms with Crippen LogP contribution >= 0.6 is 0 Å². The van der Waals surface area contributed by atoms with Crippen molar-refractivity contribution in [1.82, 2.24) is 26.3 Å². The first-order valence-corrected chi connectivity index (χ1v) is 12.0. The molecular weight excluding hydrogens is 482 g/mol. The summed E-state index contributed by atoms with van der Waals surface area (Å²) in [7, 11) is 1.38. The van der Waals surface area contributed by atoms with Crippen molar-refractivity contribution in [2.24, 2.45) is 0 Å². The Labute approximate surface area is 214 Å². The van der Waals surface area contributed by atoms with Crippen molar-refractivity contribution in [1.29, 1.82) is 0 Å². The van der Waals surface area contributed by atoms with Crippen molar-refractivity contribution in [2.75, 3.05) is 26.7 Å². The van der Waals surface area contributed by atoms with Gasteiger partial charge in [-0.05, 0) is 44.9 Å². The molecule has 202 valence electrons. The normalized spacial score (nSPS) is 12.4. The highest BCUT2D eigenvalue weighted by Crippen LogP contribution is 2.32. The SMILES string of the molecule is CCCC(C)(CCNC(=O)c1cc(C)[nH]c(=O)c1O)NCCNC(=O)c1ccc(C(=O)NC)c(O)c1O. The minimum Gasteiger partial charge on any atom is -0.504 e. The van der Waals surface area contributed by atoms with Gasteiger partial charge in [-0.25, -0.2) is 0 Å². The molecule has 2 aromatic rings. The molecule has 1 heterocycles. The van der Waals surface area contributed by atoms with Crippen LogP contribution in [0, 0.1) is 6.92 Å². The van der Waals surface area contributed by atoms with E-state index >= 15 is 0 Å². The third-order valence-corrected chi connectivity index (χ3v) is 5.98. The number of nitrogens with one attached hydrogen (secondary N) is 5. The summed E-state index contributed by atoms with van der Waals surface area (Å²) in [6, 6.07) is 3.91. The number of phenolic OH excluding ortho intramolecular Hbond substituents is 2. The van der Waals surface area contributed by atoms with Gasteiger partial charge in [-0.1, -0.05) is 13.3 Å². The van der Waals surface area contributed by atoms with Gasteiger partial charge in [-0.2, -0.15) is 0 Å². The van der Waals surface area contributed by atoms with Gasteiger partial charge < -0.3 is 41.6 Å². The van der Waals surface area contributed by atoms with E-state index < -0.39 is 40.5 Å². The van der Waals surface area contributed by atoms with Crippen LogP contribution in [0.3, 0.4) is 0 Å². The summed E-state index contributed by atoms with van der Waals surface area (Å²) in [5, 5.41) is 41.2. The molecule has 0 spiro atoms. The fourth-order valence-corrected chi connectivity index (χ4v) is 3.97. The zero-order valence-corrected chi connectivity index (χ0v) is 21.4. The summed E-state index contributed by atoms with van der Waals surface area (Å²) in [6.07, 6.45) is 2.18. The molecule has 12 heteroatoms. The fourth-order valence-electron chi connectivity index (χ4n) is 3.97. The number of carbonyl (C=O) groups is 3. The second-order valence-corrected chi connectivity index (χ2v) is 8.98. The molecule has 1 unspecified atom stereocenters. The summed E-state index contributed by atoms with van der Waals surface area (Å²) in [6.45, 7) is 6.50. The summed E-state index contributed by atoms with van der Waals surface area (Å²) in [4.78, 5) is 50.8. The van der Waals surface area contributed by atoms with Gasteiger partial charge in [0.05, 0.1) is 16.7 Å². The fraction of sp³-hybridized carbons (Fsp3) is 0.440. The molecule has 0 saturated carbocycles. The number of H-pyrrole nitrogens is 1. The molecule has 0 saturated heterocycles. The lowest BCUT2D eigenvalue weighted by molar-refractivity contribution is 0.0934. The molecule has 3 amide bonds. The van der Waals surface area contributed by atoms with Crippen molar-refractivity contribution in [3.05, 3.63) is 50.9 Å². The molecular formula is C25H35N5O7. The van der Waals surface area contributed by atoms with Crippen molar-refractivity contribution in [3.63, 3.8) is 0 Å². The number of aromatic nitrogens is 1. The van der Waals surface area contributed by atoms with Crippen LogP contribution < -0.4 is 26.8 Å². The smallest absolute Gasteiger partial charge is 0.291 e. The Kier molecular flexibility index (Phi) is 10.1. The molecule has 37 heavy (non-hydrogen) atoms. The van der Waals surface area contributed by atoms with Crippen LogP contribution in [0.4, 0.5) is 0 Å². The van der Waals surface area contributed by atoms with E-state index in [-0.39, 0.29) is 35.3 Å². The van der Waals surface area contributed by atoms with Crippen molar-refractivity contribution >= 4 is 17.7 Å².